The SMILES string of the molecule is CCCCCC#N.O=CCc1cccnc1Cl. The summed E-state index contributed by atoms with van der Waals surface area (Å²) in [4.78, 5) is 13.8. The lowest BCUT2D eigenvalue weighted by Crippen LogP contribution is -1.88. The number of unbranched alkanes of at least 4 members (excludes halogenated alkanes) is 3. The number of pyridine rings is 1. The van der Waals surface area contributed by atoms with E-state index in [9.17, 15) is 4.79 Å². The summed E-state index contributed by atoms with van der Waals surface area (Å²) < 4.78 is 0. The zero-order valence-corrected chi connectivity index (χ0v) is 10.8. The monoisotopic (exact) mass is 252 g/mol. The van der Waals surface area contributed by atoms with Crippen LogP contribution < -0.4 is 0 Å². The number of aromatic nitrogens is 1. The Morgan fingerprint density at radius 1 is 1.53 bits per heavy atom. The van der Waals surface area contributed by atoms with E-state index in [1.807, 2.05) is 0 Å². The number of halogens is 1. The summed E-state index contributed by atoms with van der Waals surface area (Å²) in [7, 11) is 0. The van der Waals surface area contributed by atoms with Gasteiger partial charge in [0.2, 0.25) is 0 Å². The molecule has 0 bridgehead atoms. The molecule has 17 heavy (non-hydrogen) atoms. The molecule has 0 saturated carbocycles. The number of nitrogens with zero attached hydrogens (tertiary/aromatic N) is 2. The van der Waals surface area contributed by atoms with E-state index < -0.39 is 0 Å². The molecule has 0 aliphatic heterocycles. The predicted octanol–water partition coefficient (Wildman–Crippen LogP) is 3.57. The smallest absolute Gasteiger partial charge is 0.132 e. The summed E-state index contributed by atoms with van der Waals surface area (Å²) >= 11 is 5.63. The standard InChI is InChI=1S/C7H6ClNO.C6H11N/c8-7-6(3-5-10)2-1-4-9-7;1-2-3-4-5-6-7/h1-2,4-5H,3H2;2-5H2,1H3. The molecule has 0 atom stereocenters. The molecule has 1 aromatic rings. The molecule has 0 N–H and O–H groups in total. The third kappa shape index (κ3) is 8.41. The summed E-state index contributed by atoms with van der Waals surface area (Å²) in [5.74, 6) is 0. The van der Waals surface area contributed by atoms with Gasteiger partial charge in [0.05, 0.1) is 6.07 Å². The van der Waals surface area contributed by atoms with Crippen molar-refractivity contribution in [3.8, 4) is 6.07 Å². The Morgan fingerprint density at radius 2 is 2.29 bits per heavy atom. The van der Waals surface area contributed by atoms with Crippen LogP contribution >= 0.6 is 11.6 Å². The predicted molar refractivity (Wildman–Crippen MR) is 68.8 cm³/mol. The Hall–Kier alpha value is -1.40. The fraction of sp³-hybridized carbons (Fsp3) is 0.462. The fourth-order valence-electron chi connectivity index (χ4n) is 1.12. The molecule has 0 radical (unpaired) electrons. The van der Waals surface area contributed by atoms with Crippen molar-refractivity contribution in [3.63, 3.8) is 0 Å². The number of carbonyl (C=O) groups excluding carboxylic acids is 1. The van der Waals surface area contributed by atoms with Crippen LogP contribution in [-0.2, 0) is 11.2 Å². The minimum Gasteiger partial charge on any atom is -0.303 e. The van der Waals surface area contributed by atoms with Crippen molar-refractivity contribution >= 4 is 17.9 Å². The van der Waals surface area contributed by atoms with Crippen LogP contribution in [0.15, 0.2) is 18.3 Å². The van der Waals surface area contributed by atoms with Crippen molar-refractivity contribution in [2.75, 3.05) is 0 Å². The summed E-state index contributed by atoms with van der Waals surface area (Å²) in [5.41, 5.74) is 0.777. The first-order chi connectivity index (χ1) is 8.26. The minimum atomic E-state index is 0.340. The van der Waals surface area contributed by atoms with Crippen molar-refractivity contribution in [1.29, 1.82) is 5.26 Å². The summed E-state index contributed by atoms with van der Waals surface area (Å²) in [6.07, 6.45) is 6.96. The molecule has 0 aliphatic rings. The van der Waals surface area contributed by atoms with E-state index in [4.69, 9.17) is 16.9 Å². The number of carbonyl (C=O) groups is 1. The number of nitriles is 1. The lowest BCUT2D eigenvalue weighted by atomic mass is 10.2. The quantitative estimate of drug-likeness (QED) is 0.457. The largest absolute Gasteiger partial charge is 0.303 e. The van der Waals surface area contributed by atoms with Crippen molar-refractivity contribution in [2.24, 2.45) is 0 Å². The van der Waals surface area contributed by atoms with Gasteiger partial charge >= 0.3 is 0 Å². The molecule has 0 fully saturated rings. The fourth-order valence-corrected chi connectivity index (χ4v) is 1.31. The number of hydrogen-bond acceptors (Lipinski definition) is 3. The van der Waals surface area contributed by atoms with Crippen LogP contribution in [0.1, 0.15) is 38.2 Å². The van der Waals surface area contributed by atoms with E-state index in [-0.39, 0.29) is 0 Å². The molecule has 0 unspecified atom stereocenters. The van der Waals surface area contributed by atoms with E-state index >= 15 is 0 Å². The van der Waals surface area contributed by atoms with Crippen LogP contribution in [0, 0.1) is 11.3 Å². The topological polar surface area (TPSA) is 53.8 Å². The van der Waals surface area contributed by atoms with Crippen LogP contribution in [0.4, 0.5) is 0 Å². The maximum atomic E-state index is 10.0. The van der Waals surface area contributed by atoms with Gasteiger partial charge in [0.1, 0.15) is 11.4 Å². The highest BCUT2D eigenvalue weighted by Gasteiger charge is 1.96. The molecule has 1 aromatic heterocycles. The zero-order valence-electron chi connectivity index (χ0n) is 10.0. The molecule has 0 saturated heterocycles. The maximum absolute atomic E-state index is 10.0. The highest BCUT2D eigenvalue weighted by molar-refractivity contribution is 6.30. The molecular weight excluding hydrogens is 236 g/mol. The first-order valence-electron chi connectivity index (χ1n) is 5.66. The van der Waals surface area contributed by atoms with Crippen LogP contribution in [0.2, 0.25) is 5.15 Å². The molecule has 4 heteroatoms. The zero-order chi connectivity index (χ0) is 12.9. The van der Waals surface area contributed by atoms with Gasteiger partial charge in [0.25, 0.3) is 0 Å². The second-order valence-electron chi connectivity index (χ2n) is 3.44. The molecule has 0 amide bonds. The second-order valence-corrected chi connectivity index (χ2v) is 3.80. The third-order valence-electron chi connectivity index (χ3n) is 2.03. The Bertz CT molecular complexity index is 361. The third-order valence-corrected chi connectivity index (χ3v) is 2.37. The lowest BCUT2D eigenvalue weighted by molar-refractivity contribution is -0.107. The van der Waals surface area contributed by atoms with Gasteiger partial charge in [-0.25, -0.2) is 4.98 Å². The molecule has 0 spiro atoms. The number of hydrogen-bond donors (Lipinski definition) is 0. The summed E-state index contributed by atoms with van der Waals surface area (Å²) in [5, 5.41) is 8.45. The molecule has 0 aromatic carbocycles. The summed E-state index contributed by atoms with van der Waals surface area (Å²) in [6, 6.07) is 5.64. The van der Waals surface area contributed by atoms with Crippen molar-refractivity contribution in [2.45, 2.75) is 39.0 Å². The first kappa shape index (κ1) is 15.6. The molecule has 3 nitrogen and oxygen atoms in total. The number of rotatable bonds is 5. The Labute approximate surface area is 107 Å². The average Bonchev–Trinajstić information content (AvgIpc) is 2.34. The minimum absolute atomic E-state index is 0.340. The molecular formula is C13H17ClN2O. The van der Waals surface area contributed by atoms with Gasteiger partial charge in [0.15, 0.2) is 0 Å². The normalized spacial score (nSPS) is 8.76. The Morgan fingerprint density at radius 3 is 2.82 bits per heavy atom. The highest BCUT2D eigenvalue weighted by atomic mass is 35.5. The average molecular weight is 253 g/mol. The summed E-state index contributed by atoms with van der Waals surface area (Å²) in [6.45, 7) is 2.14. The van der Waals surface area contributed by atoms with Crippen LogP contribution in [-0.4, -0.2) is 11.3 Å². The van der Waals surface area contributed by atoms with E-state index in [2.05, 4.69) is 18.0 Å². The maximum Gasteiger partial charge on any atom is 0.132 e. The van der Waals surface area contributed by atoms with E-state index in [1.165, 1.54) is 12.8 Å². The van der Waals surface area contributed by atoms with Gasteiger partial charge in [-0.15, -0.1) is 0 Å². The van der Waals surface area contributed by atoms with Gasteiger partial charge in [-0.3, -0.25) is 0 Å². The van der Waals surface area contributed by atoms with Gasteiger partial charge in [0, 0.05) is 19.0 Å². The molecule has 1 heterocycles. The van der Waals surface area contributed by atoms with E-state index in [0.29, 0.717) is 11.6 Å². The van der Waals surface area contributed by atoms with E-state index in [0.717, 1.165) is 24.7 Å². The Balaban J connectivity index is 0.000000325. The van der Waals surface area contributed by atoms with Gasteiger partial charge < -0.3 is 4.79 Å². The van der Waals surface area contributed by atoms with Crippen molar-refractivity contribution in [1.82, 2.24) is 4.98 Å². The van der Waals surface area contributed by atoms with Crippen molar-refractivity contribution < 1.29 is 4.79 Å². The Kier molecular flexibility index (Phi) is 10.2. The van der Waals surface area contributed by atoms with Gasteiger partial charge in [-0.2, -0.15) is 5.26 Å². The number of aldehydes is 1. The van der Waals surface area contributed by atoms with E-state index in [1.54, 1.807) is 18.3 Å². The van der Waals surface area contributed by atoms with Crippen molar-refractivity contribution in [3.05, 3.63) is 29.0 Å². The molecule has 1 rings (SSSR count). The van der Waals surface area contributed by atoms with Gasteiger partial charge in [-0.1, -0.05) is 37.4 Å². The van der Waals surface area contributed by atoms with Crippen LogP contribution in [0.3, 0.4) is 0 Å². The van der Waals surface area contributed by atoms with Crippen LogP contribution in [0.5, 0.6) is 0 Å². The molecule has 0 aliphatic carbocycles. The van der Waals surface area contributed by atoms with Crippen LogP contribution in [0.25, 0.3) is 0 Å². The first-order valence-corrected chi connectivity index (χ1v) is 6.04. The van der Waals surface area contributed by atoms with Gasteiger partial charge in [-0.05, 0) is 18.1 Å². The second kappa shape index (κ2) is 11.1. The highest BCUT2D eigenvalue weighted by Crippen LogP contribution is 2.10. The molecule has 92 valence electrons. The lowest BCUT2D eigenvalue weighted by Gasteiger charge is -1.94.